The molecule has 0 saturated heterocycles. The molecule has 2 aromatic heterocycles. The van der Waals surface area contributed by atoms with Gasteiger partial charge in [-0.05, 0) is 30.9 Å². The van der Waals surface area contributed by atoms with Crippen molar-refractivity contribution in [1.29, 1.82) is 0 Å². The first-order valence-corrected chi connectivity index (χ1v) is 7.99. The second kappa shape index (κ2) is 5.26. The zero-order valence-electron chi connectivity index (χ0n) is 12.7. The number of rotatable bonds is 4. The molecule has 116 valence electrons. The van der Waals surface area contributed by atoms with Crippen LogP contribution in [0.3, 0.4) is 0 Å². The Morgan fingerprint density at radius 1 is 1.41 bits per heavy atom. The molecule has 1 aliphatic heterocycles. The number of fused-ring (bicyclic) bond motifs is 1. The van der Waals surface area contributed by atoms with Crippen LogP contribution in [0.1, 0.15) is 43.6 Å². The van der Waals surface area contributed by atoms with Gasteiger partial charge in [0.2, 0.25) is 11.9 Å². The van der Waals surface area contributed by atoms with Crippen LogP contribution in [0.25, 0.3) is 0 Å². The van der Waals surface area contributed by atoms with Crippen LogP contribution in [0.4, 0.5) is 5.95 Å². The number of hydrogen-bond acceptors (Lipinski definition) is 4. The van der Waals surface area contributed by atoms with Gasteiger partial charge in [0.15, 0.2) is 0 Å². The molecule has 0 unspecified atom stereocenters. The standard InChI is InChI=1S/C16H20N4O2/c1-11-9-13(11)14-5-3-12(22-14)4-6-15(21)19-7-2-8-20-16(19)17-10-18-20/h3,5,10-11,13H,2,4,6-9H2,1H3/t11-,13-/m1/s1. The zero-order valence-corrected chi connectivity index (χ0v) is 12.7. The van der Waals surface area contributed by atoms with Crippen molar-refractivity contribution < 1.29 is 9.21 Å². The van der Waals surface area contributed by atoms with E-state index in [9.17, 15) is 4.79 Å². The first-order valence-electron chi connectivity index (χ1n) is 7.99. The van der Waals surface area contributed by atoms with Gasteiger partial charge in [-0.3, -0.25) is 9.69 Å². The van der Waals surface area contributed by atoms with Crippen molar-refractivity contribution in [3.05, 3.63) is 30.0 Å². The van der Waals surface area contributed by atoms with E-state index in [1.54, 1.807) is 9.58 Å². The van der Waals surface area contributed by atoms with Crippen molar-refractivity contribution >= 4 is 11.9 Å². The summed E-state index contributed by atoms with van der Waals surface area (Å²) in [6.45, 7) is 3.80. The number of hydrogen-bond donors (Lipinski definition) is 0. The average Bonchev–Trinajstić information content (AvgIpc) is 2.98. The Morgan fingerprint density at radius 3 is 3.09 bits per heavy atom. The quantitative estimate of drug-likeness (QED) is 0.869. The molecule has 22 heavy (non-hydrogen) atoms. The summed E-state index contributed by atoms with van der Waals surface area (Å²) in [6.07, 6.45) is 4.74. The topological polar surface area (TPSA) is 64.2 Å². The zero-order chi connectivity index (χ0) is 15.1. The number of carbonyl (C=O) groups excluding carboxylic acids is 1. The first-order chi connectivity index (χ1) is 10.7. The predicted octanol–water partition coefficient (Wildman–Crippen LogP) is 2.36. The van der Waals surface area contributed by atoms with Gasteiger partial charge in [-0.2, -0.15) is 10.1 Å². The van der Waals surface area contributed by atoms with Crippen molar-refractivity contribution in [3.63, 3.8) is 0 Å². The Hall–Kier alpha value is -2.11. The summed E-state index contributed by atoms with van der Waals surface area (Å²) in [5.41, 5.74) is 0. The molecule has 0 radical (unpaired) electrons. The molecular weight excluding hydrogens is 280 g/mol. The van der Waals surface area contributed by atoms with E-state index >= 15 is 0 Å². The third-order valence-electron chi connectivity index (χ3n) is 4.63. The van der Waals surface area contributed by atoms with Crippen LogP contribution in [0, 0.1) is 5.92 Å². The molecule has 1 aliphatic carbocycles. The van der Waals surface area contributed by atoms with E-state index in [2.05, 4.69) is 23.1 Å². The monoisotopic (exact) mass is 300 g/mol. The van der Waals surface area contributed by atoms with E-state index in [0.29, 0.717) is 24.7 Å². The van der Waals surface area contributed by atoms with Crippen LogP contribution < -0.4 is 4.90 Å². The van der Waals surface area contributed by atoms with Gasteiger partial charge in [0.05, 0.1) is 0 Å². The molecule has 0 spiro atoms. The van der Waals surface area contributed by atoms with E-state index in [-0.39, 0.29) is 5.91 Å². The van der Waals surface area contributed by atoms with Gasteiger partial charge in [0.1, 0.15) is 17.8 Å². The van der Waals surface area contributed by atoms with Gasteiger partial charge >= 0.3 is 0 Å². The minimum absolute atomic E-state index is 0.0895. The Bertz CT molecular complexity index is 690. The molecule has 1 amide bonds. The number of carbonyl (C=O) groups is 1. The van der Waals surface area contributed by atoms with Crippen molar-refractivity contribution in [1.82, 2.24) is 14.8 Å². The number of amides is 1. The van der Waals surface area contributed by atoms with Gasteiger partial charge in [0, 0.05) is 31.8 Å². The van der Waals surface area contributed by atoms with Crippen molar-refractivity contribution in [3.8, 4) is 0 Å². The van der Waals surface area contributed by atoms with Crippen LogP contribution in [0.5, 0.6) is 0 Å². The summed E-state index contributed by atoms with van der Waals surface area (Å²) < 4.78 is 7.66. The summed E-state index contributed by atoms with van der Waals surface area (Å²) in [5.74, 6) is 4.06. The van der Waals surface area contributed by atoms with Gasteiger partial charge in [-0.25, -0.2) is 4.68 Å². The Kier molecular flexibility index (Phi) is 3.24. The lowest BCUT2D eigenvalue weighted by Crippen LogP contribution is -2.38. The fraction of sp³-hybridized carbons (Fsp3) is 0.562. The second-order valence-electron chi connectivity index (χ2n) is 6.31. The van der Waals surface area contributed by atoms with Crippen LogP contribution in [0.2, 0.25) is 0 Å². The molecule has 2 atom stereocenters. The molecular formula is C16H20N4O2. The molecule has 1 fully saturated rings. The van der Waals surface area contributed by atoms with E-state index in [4.69, 9.17) is 4.42 Å². The maximum atomic E-state index is 12.4. The van der Waals surface area contributed by atoms with Crippen LogP contribution in [-0.4, -0.2) is 27.2 Å². The summed E-state index contributed by atoms with van der Waals surface area (Å²) in [6, 6.07) is 4.07. The Balaban J connectivity index is 1.38. The third-order valence-corrected chi connectivity index (χ3v) is 4.63. The molecule has 6 nitrogen and oxygen atoms in total. The second-order valence-corrected chi connectivity index (χ2v) is 6.31. The van der Waals surface area contributed by atoms with Gasteiger partial charge in [-0.1, -0.05) is 6.92 Å². The molecule has 0 aromatic carbocycles. The first kappa shape index (κ1) is 13.5. The lowest BCUT2D eigenvalue weighted by Gasteiger charge is -2.25. The molecule has 2 aromatic rings. The normalized spacial score (nSPS) is 23.4. The maximum absolute atomic E-state index is 12.4. The number of aromatic nitrogens is 3. The van der Waals surface area contributed by atoms with E-state index in [1.807, 2.05) is 6.07 Å². The van der Waals surface area contributed by atoms with Crippen LogP contribution in [-0.2, 0) is 17.8 Å². The Morgan fingerprint density at radius 2 is 2.27 bits per heavy atom. The SMILES string of the molecule is C[C@@H]1C[C@H]1c1ccc(CCC(=O)N2CCCn3ncnc32)o1. The molecule has 0 N–H and O–H groups in total. The van der Waals surface area contributed by atoms with Crippen molar-refractivity contribution in [2.45, 2.75) is 45.1 Å². The highest BCUT2D eigenvalue weighted by Crippen LogP contribution is 2.47. The number of nitrogens with zero attached hydrogens (tertiary/aromatic N) is 4. The lowest BCUT2D eigenvalue weighted by molar-refractivity contribution is -0.118. The highest BCUT2D eigenvalue weighted by molar-refractivity contribution is 5.91. The summed E-state index contributed by atoms with van der Waals surface area (Å²) in [5, 5.41) is 4.14. The van der Waals surface area contributed by atoms with Crippen molar-refractivity contribution in [2.24, 2.45) is 5.92 Å². The molecule has 0 bridgehead atoms. The minimum atomic E-state index is 0.0895. The highest BCUT2D eigenvalue weighted by Gasteiger charge is 2.36. The summed E-state index contributed by atoms with van der Waals surface area (Å²) >= 11 is 0. The predicted molar refractivity (Wildman–Crippen MR) is 80.5 cm³/mol. The summed E-state index contributed by atoms with van der Waals surface area (Å²) in [4.78, 5) is 18.4. The van der Waals surface area contributed by atoms with E-state index in [1.165, 1.54) is 12.7 Å². The van der Waals surface area contributed by atoms with Gasteiger partial charge in [0.25, 0.3) is 0 Å². The average molecular weight is 300 g/mol. The third kappa shape index (κ3) is 2.42. The molecule has 3 heterocycles. The smallest absolute Gasteiger partial charge is 0.230 e. The fourth-order valence-electron chi connectivity index (χ4n) is 3.15. The Labute approximate surface area is 129 Å². The number of anilines is 1. The number of furan rings is 1. The van der Waals surface area contributed by atoms with Crippen LogP contribution >= 0.6 is 0 Å². The van der Waals surface area contributed by atoms with Crippen molar-refractivity contribution in [2.75, 3.05) is 11.4 Å². The molecule has 2 aliphatic rings. The molecule has 4 rings (SSSR count). The van der Waals surface area contributed by atoms with E-state index in [0.717, 1.165) is 36.9 Å². The molecule has 6 heteroatoms. The highest BCUT2D eigenvalue weighted by atomic mass is 16.3. The fourth-order valence-corrected chi connectivity index (χ4v) is 3.15. The lowest BCUT2D eigenvalue weighted by atomic mass is 10.2. The number of aryl methyl sites for hydroxylation is 2. The van der Waals surface area contributed by atoms with E-state index < -0.39 is 0 Å². The van der Waals surface area contributed by atoms with Crippen LogP contribution in [0.15, 0.2) is 22.9 Å². The summed E-state index contributed by atoms with van der Waals surface area (Å²) in [7, 11) is 0. The minimum Gasteiger partial charge on any atom is -0.466 e. The van der Waals surface area contributed by atoms with Gasteiger partial charge in [-0.15, -0.1) is 0 Å². The van der Waals surface area contributed by atoms with Gasteiger partial charge < -0.3 is 4.42 Å². The maximum Gasteiger partial charge on any atom is 0.230 e. The largest absolute Gasteiger partial charge is 0.466 e. The molecule has 1 saturated carbocycles.